The molecule has 104 valence electrons. The smallest absolute Gasteiger partial charge is 0.166 e. The lowest BCUT2D eigenvalue weighted by Gasteiger charge is -2.11. The summed E-state index contributed by atoms with van der Waals surface area (Å²) in [6.07, 6.45) is 1.30. The number of carbonyl (C=O) groups is 2. The van der Waals surface area contributed by atoms with Crippen molar-refractivity contribution in [1.82, 2.24) is 4.90 Å². The number of benzene rings is 1. The van der Waals surface area contributed by atoms with Crippen molar-refractivity contribution in [3.63, 3.8) is 0 Å². The van der Waals surface area contributed by atoms with Gasteiger partial charge in [0.1, 0.15) is 0 Å². The Morgan fingerprint density at radius 1 is 1.11 bits per heavy atom. The zero-order valence-corrected chi connectivity index (χ0v) is 12.3. The van der Waals surface area contributed by atoms with Gasteiger partial charge in [0, 0.05) is 23.5 Å². The molecule has 1 aromatic rings. The van der Waals surface area contributed by atoms with E-state index >= 15 is 0 Å². The Morgan fingerprint density at radius 2 is 1.68 bits per heavy atom. The molecule has 0 aromatic heterocycles. The third-order valence-electron chi connectivity index (χ3n) is 3.03. The van der Waals surface area contributed by atoms with Gasteiger partial charge in [-0.05, 0) is 27.1 Å². The molecular formula is C16H23NO2. The fraction of sp³-hybridized carbons (Fsp3) is 0.500. The highest BCUT2D eigenvalue weighted by Crippen LogP contribution is 2.16. The van der Waals surface area contributed by atoms with Crippen molar-refractivity contribution in [1.29, 1.82) is 0 Å². The van der Waals surface area contributed by atoms with Crippen molar-refractivity contribution in [2.24, 2.45) is 5.92 Å². The van der Waals surface area contributed by atoms with Crippen molar-refractivity contribution >= 4 is 11.6 Å². The summed E-state index contributed by atoms with van der Waals surface area (Å²) in [5.74, 6) is 0.0127. The summed E-state index contributed by atoms with van der Waals surface area (Å²) >= 11 is 0. The van der Waals surface area contributed by atoms with Gasteiger partial charge in [-0.25, -0.2) is 0 Å². The molecule has 0 atom stereocenters. The molecule has 0 amide bonds. The van der Waals surface area contributed by atoms with Crippen LogP contribution in [0.1, 0.15) is 47.4 Å². The van der Waals surface area contributed by atoms with E-state index in [1.807, 2.05) is 40.1 Å². The van der Waals surface area contributed by atoms with Crippen LogP contribution in [0.25, 0.3) is 0 Å². The molecule has 19 heavy (non-hydrogen) atoms. The summed E-state index contributed by atoms with van der Waals surface area (Å²) < 4.78 is 0. The maximum atomic E-state index is 12.2. The zero-order valence-electron chi connectivity index (χ0n) is 12.3. The Balaban J connectivity index is 2.82. The highest BCUT2D eigenvalue weighted by atomic mass is 16.1. The van der Waals surface area contributed by atoms with Crippen molar-refractivity contribution in [3.05, 3.63) is 35.4 Å². The quantitative estimate of drug-likeness (QED) is 0.708. The second-order valence-corrected chi connectivity index (χ2v) is 5.39. The van der Waals surface area contributed by atoms with E-state index in [0.717, 1.165) is 13.0 Å². The average Bonchev–Trinajstić information content (AvgIpc) is 2.37. The van der Waals surface area contributed by atoms with Crippen LogP contribution in [0.2, 0.25) is 0 Å². The van der Waals surface area contributed by atoms with Crippen LogP contribution in [0.4, 0.5) is 0 Å². The van der Waals surface area contributed by atoms with Crippen LogP contribution in [0.5, 0.6) is 0 Å². The first-order chi connectivity index (χ1) is 8.93. The van der Waals surface area contributed by atoms with Crippen LogP contribution in [0.15, 0.2) is 24.3 Å². The predicted octanol–water partition coefficient (Wildman–Crippen LogP) is 3.05. The highest BCUT2D eigenvalue weighted by Gasteiger charge is 2.18. The van der Waals surface area contributed by atoms with Crippen molar-refractivity contribution < 1.29 is 9.59 Å². The van der Waals surface area contributed by atoms with E-state index in [1.54, 1.807) is 12.1 Å². The monoisotopic (exact) mass is 261 g/mol. The van der Waals surface area contributed by atoms with Gasteiger partial charge in [-0.2, -0.15) is 0 Å². The Bertz CT molecular complexity index is 450. The predicted molar refractivity (Wildman–Crippen MR) is 77.7 cm³/mol. The third-order valence-corrected chi connectivity index (χ3v) is 3.03. The van der Waals surface area contributed by atoms with E-state index in [9.17, 15) is 9.59 Å². The molecule has 0 aliphatic carbocycles. The lowest BCUT2D eigenvalue weighted by atomic mass is 9.93. The van der Waals surface area contributed by atoms with Crippen LogP contribution in [-0.2, 0) is 0 Å². The number of hydrogen-bond acceptors (Lipinski definition) is 3. The molecule has 3 nitrogen and oxygen atoms in total. The number of ketones is 2. The first-order valence-electron chi connectivity index (χ1n) is 6.74. The molecular weight excluding hydrogens is 238 g/mol. The largest absolute Gasteiger partial charge is 0.309 e. The lowest BCUT2D eigenvalue weighted by molar-refractivity contribution is 0.0920. The molecule has 0 radical (unpaired) electrons. The van der Waals surface area contributed by atoms with Gasteiger partial charge in [0.25, 0.3) is 0 Å². The molecule has 3 heteroatoms. The van der Waals surface area contributed by atoms with E-state index in [2.05, 4.69) is 4.90 Å². The summed E-state index contributed by atoms with van der Waals surface area (Å²) in [7, 11) is 3.97. The number of rotatable bonds is 7. The van der Waals surface area contributed by atoms with Crippen LogP contribution in [0, 0.1) is 5.92 Å². The average molecular weight is 261 g/mol. The van der Waals surface area contributed by atoms with Gasteiger partial charge in [-0.1, -0.05) is 38.1 Å². The molecule has 0 spiro atoms. The summed E-state index contributed by atoms with van der Waals surface area (Å²) in [6.45, 7) is 4.59. The number of nitrogens with zero attached hydrogens (tertiary/aromatic N) is 1. The molecule has 0 unspecified atom stereocenters. The first kappa shape index (κ1) is 15.6. The standard InChI is InChI=1S/C16H23NO2/c1-12(2)16(19)14-9-6-5-8-13(14)15(18)10-7-11-17(3)4/h5-6,8-9,12H,7,10-11H2,1-4H3. The number of carbonyl (C=O) groups excluding carboxylic acids is 2. The SMILES string of the molecule is CC(C)C(=O)c1ccccc1C(=O)CCCN(C)C. The molecule has 0 aliphatic rings. The number of hydrogen-bond donors (Lipinski definition) is 0. The Hall–Kier alpha value is -1.48. The van der Waals surface area contributed by atoms with Crippen molar-refractivity contribution in [3.8, 4) is 0 Å². The lowest BCUT2D eigenvalue weighted by Crippen LogP contribution is -2.16. The van der Waals surface area contributed by atoms with Crippen LogP contribution >= 0.6 is 0 Å². The molecule has 0 fully saturated rings. The Labute approximate surface area is 115 Å². The normalized spacial score (nSPS) is 11.1. The van der Waals surface area contributed by atoms with Gasteiger partial charge >= 0.3 is 0 Å². The summed E-state index contributed by atoms with van der Waals surface area (Å²) in [6, 6.07) is 7.14. The first-order valence-corrected chi connectivity index (χ1v) is 6.74. The highest BCUT2D eigenvalue weighted by molar-refractivity contribution is 6.09. The summed E-state index contributed by atoms with van der Waals surface area (Å²) in [5.41, 5.74) is 1.13. The second kappa shape index (κ2) is 7.19. The molecule has 0 heterocycles. The summed E-state index contributed by atoms with van der Waals surface area (Å²) in [5, 5.41) is 0. The zero-order chi connectivity index (χ0) is 14.4. The minimum Gasteiger partial charge on any atom is -0.309 e. The van der Waals surface area contributed by atoms with Gasteiger partial charge in [0.2, 0.25) is 0 Å². The maximum Gasteiger partial charge on any atom is 0.166 e. The van der Waals surface area contributed by atoms with Gasteiger partial charge < -0.3 is 4.90 Å². The molecule has 0 N–H and O–H groups in total. The number of Topliss-reactive ketones (excluding diaryl/α,β-unsaturated/α-hetero) is 2. The van der Waals surface area contributed by atoms with E-state index < -0.39 is 0 Å². The van der Waals surface area contributed by atoms with Gasteiger partial charge in [-0.15, -0.1) is 0 Å². The van der Waals surface area contributed by atoms with E-state index in [0.29, 0.717) is 17.5 Å². The minimum absolute atomic E-state index is 0.0385. The van der Waals surface area contributed by atoms with Crippen molar-refractivity contribution in [2.45, 2.75) is 26.7 Å². The molecule has 1 rings (SSSR count). The molecule has 0 saturated carbocycles. The Kier molecular flexibility index (Phi) is 5.90. The van der Waals surface area contributed by atoms with Crippen LogP contribution in [-0.4, -0.2) is 37.1 Å². The Morgan fingerprint density at radius 3 is 2.21 bits per heavy atom. The minimum atomic E-state index is -0.0873. The van der Waals surface area contributed by atoms with Gasteiger partial charge in [0.15, 0.2) is 11.6 Å². The van der Waals surface area contributed by atoms with Gasteiger partial charge in [0.05, 0.1) is 0 Å². The third kappa shape index (κ3) is 4.60. The molecule has 1 aromatic carbocycles. The maximum absolute atomic E-state index is 12.2. The fourth-order valence-corrected chi connectivity index (χ4v) is 1.94. The van der Waals surface area contributed by atoms with Crippen LogP contribution < -0.4 is 0 Å². The fourth-order valence-electron chi connectivity index (χ4n) is 1.94. The van der Waals surface area contributed by atoms with Crippen LogP contribution in [0.3, 0.4) is 0 Å². The van der Waals surface area contributed by atoms with Crippen molar-refractivity contribution in [2.75, 3.05) is 20.6 Å². The van der Waals surface area contributed by atoms with E-state index in [1.165, 1.54) is 0 Å². The van der Waals surface area contributed by atoms with Gasteiger partial charge in [-0.3, -0.25) is 9.59 Å². The molecule has 0 saturated heterocycles. The topological polar surface area (TPSA) is 37.4 Å². The molecule has 0 bridgehead atoms. The second-order valence-electron chi connectivity index (χ2n) is 5.39. The van der Waals surface area contributed by atoms with E-state index in [-0.39, 0.29) is 17.5 Å². The summed E-state index contributed by atoms with van der Waals surface area (Å²) in [4.78, 5) is 26.3. The molecule has 0 aliphatic heterocycles. The van der Waals surface area contributed by atoms with E-state index in [4.69, 9.17) is 0 Å².